The van der Waals surface area contributed by atoms with Crippen molar-refractivity contribution in [3.8, 4) is 0 Å². The first-order valence-electron chi connectivity index (χ1n) is 9.95. The number of amides is 2. The van der Waals surface area contributed by atoms with Gasteiger partial charge in [0.15, 0.2) is 0 Å². The third-order valence-corrected chi connectivity index (χ3v) is 5.99. The quantitative estimate of drug-likeness (QED) is 0.513. The number of halogens is 1. The fourth-order valence-electron chi connectivity index (χ4n) is 2.86. The lowest BCUT2D eigenvalue weighted by molar-refractivity contribution is -0.140. The lowest BCUT2D eigenvalue weighted by Crippen LogP contribution is -2.47. The molecule has 0 heterocycles. The number of nitrogens with zero attached hydrogens (tertiary/aromatic N) is 1. The van der Waals surface area contributed by atoms with Gasteiger partial charge < -0.3 is 10.2 Å². The van der Waals surface area contributed by atoms with Gasteiger partial charge in [0.05, 0.1) is 0 Å². The monoisotopic (exact) mass is 432 g/mol. The summed E-state index contributed by atoms with van der Waals surface area (Å²) < 4.78 is 0. The summed E-state index contributed by atoms with van der Waals surface area (Å²) in [5, 5.41) is 3.49. The molecule has 29 heavy (non-hydrogen) atoms. The number of hydrogen-bond donors (Lipinski definition) is 1. The average Bonchev–Trinajstić information content (AvgIpc) is 2.74. The Morgan fingerprint density at radius 1 is 1.10 bits per heavy atom. The first-order valence-corrected chi connectivity index (χ1v) is 11.5. The smallest absolute Gasteiger partial charge is 0.242 e. The van der Waals surface area contributed by atoms with E-state index in [1.165, 1.54) is 5.56 Å². The zero-order chi connectivity index (χ0) is 21.1. The molecule has 2 rings (SSSR count). The maximum absolute atomic E-state index is 13.0. The van der Waals surface area contributed by atoms with E-state index in [9.17, 15) is 9.59 Å². The Balaban J connectivity index is 1.99. The van der Waals surface area contributed by atoms with Gasteiger partial charge in [-0.3, -0.25) is 9.59 Å². The second kappa shape index (κ2) is 12.6. The summed E-state index contributed by atoms with van der Waals surface area (Å²) in [6.45, 7) is 4.70. The molecule has 1 N–H and O–H groups in total. The van der Waals surface area contributed by atoms with Crippen LogP contribution in [0.2, 0.25) is 5.02 Å². The third kappa shape index (κ3) is 7.75. The number of carbonyl (C=O) groups excluding carboxylic acids is 2. The van der Waals surface area contributed by atoms with Gasteiger partial charge in [0.2, 0.25) is 11.8 Å². The van der Waals surface area contributed by atoms with E-state index in [2.05, 4.69) is 17.4 Å². The van der Waals surface area contributed by atoms with E-state index >= 15 is 0 Å². The van der Waals surface area contributed by atoms with Gasteiger partial charge in [0.1, 0.15) is 6.04 Å². The Labute approximate surface area is 183 Å². The zero-order valence-electron chi connectivity index (χ0n) is 17.1. The Hall–Kier alpha value is -1.98. The van der Waals surface area contributed by atoms with Crippen molar-refractivity contribution in [2.24, 2.45) is 0 Å². The van der Waals surface area contributed by atoms with Gasteiger partial charge in [-0.05, 0) is 30.5 Å². The molecule has 0 aromatic heterocycles. The van der Waals surface area contributed by atoms with Crippen LogP contribution < -0.4 is 5.32 Å². The summed E-state index contributed by atoms with van der Waals surface area (Å²) in [7, 11) is 0. The summed E-state index contributed by atoms with van der Waals surface area (Å²) in [6, 6.07) is 17.1. The summed E-state index contributed by atoms with van der Waals surface area (Å²) in [5.74, 6) is 1.40. The predicted octanol–water partition coefficient (Wildman–Crippen LogP) is 4.91. The summed E-state index contributed by atoms with van der Waals surface area (Å²) in [6.07, 6.45) is 1.24. The lowest BCUT2D eigenvalue weighted by Gasteiger charge is -2.29. The van der Waals surface area contributed by atoms with Crippen LogP contribution in [0.1, 0.15) is 37.8 Å². The van der Waals surface area contributed by atoms with E-state index in [0.717, 1.165) is 17.7 Å². The predicted molar refractivity (Wildman–Crippen MR) is 122 cm³/mol. The molecule has 0 bridgehead atoms. The lowest BCUT2D eigenvalue weighted by atomic mass is 10.1. The van der Waals surface area contributed by atoms with Gasteiger partial charge in [0, 0.05) is 36.0 Å². The summed E-state index contributed by atoms with van der Waals surface area (Å²) in [5.41, 5.74) is 2.08. The minimum absolute atomic E-state index is 0.0374. The van der Waals surface area contributed by atoms with Gasteiger partial charge >= 0.3 is 0 Å². The molecule has 0 aliphatic heterocycles. The second-order valence-corrected chi connectivity index (χ2v) is 8.38. The van der Waals surface area contributed by atoms with E-state index in [-0.39, 0.29) is 11.8 Å². The molecule has 2 amide bonds. The fraction of sp³-hybridized carbons (Fsp3) is 0.391. The van der Waals surface area contributed by atoms with Crippen LogP contribution in [0.25, 0.3) is 0 Å². The molecule has 0 radical (unpaired) electrons. The van der Waals surface area contributed by atoms with Gasteiger partial charge in [-0.25, -0.2) is 0 Å². The molecular weight excluding hydrogens is 404 g/mol. The Bertz CT molecular complexity index is 785. The van der Waals surface area contributed by atoms with Crippen LogP contribution in [0.4, 0.5) is 0 Å². The Morgan fingerprint density at radius 2 is 1.79 bits per heavy atom. The molecule has 6 heteroatoms. The maximum atomic E-state index is 13.0. The molecule has 0 fully saturated rings. The number of thioether (sulfide) groups is 1. The van der Waals surface area contributed by atoms with Crippen molar-refractivity contribution in [3.05, 3.63) is 70.7 Å². The maximum Gasteiger partial charge on any atom is 0.242 e. The normalized spacial score (nSPS) is 11.7. The van der Waals surface area contributed by atoms with Crippen molar-refractivity contribution < 1.29 is 9.59 Å². The molecule has 2 aromatic carbocycles. The van der Waals surface area contributed by atoms with Crippen LogP contribution in [-0.4, -0.2) is 35.1 Å². The van der Waals surface area contributed by atoms with Gasteiger partial charge in [-0.1, -0.05) is 67.1 Å². The number of hydrogen-bond acceptors (Lipinski definition) is 3. The van der Waals surface area contributed by atoms with E-state index in [0.29, 0.717) is 30.3 Å². The van der Waals surface area contributed by atoms with Crippen LogP contribution in [0.5, 0.6) is 0 Å². The van der Waals surface area contributed by atoms with E-state index in [1.54, 1.807) is 29.7 Å². The van der Waals surface area contributed by atoms with Crippen molar-refractivity contribution >= 4 is 35.2 Å². The number of carbonyl (C=O) groups is 2. The molecule has 0 unspecified atom stereocenters. The topological polar surface area (TPSA) is 49.4 Å². The standard InChI is InChI=1S/C23H29ClN2O2S/c1-3-14-25-23(28)18(2)26(16-20-11-7-8-12-21(20)24)22(27)13-15-29-17-19-9-5-4-6-10-19/h4-12,18H,3,13-17H2,1-2H3,(H,25,28)/t18-/m1/s1. The van der Waals surface area contributed by atoms with Gasteiger partial charge in [0.25, 0.3) is 0 Å². The van der Waals surface area contributed by atoms with Crippen molar-refractivity contribution in [2.45, 2.75) is 45.0 Å². The zero-order valence-corrected chi connectivity index (χ0v) is 18.6. The van der Waals surface area contributed by atoms with E-state index in [1.807, 2.05) is 43.3 Å². The summed E-state index contributed by atoms with van der Waals surface area (Å²) >= 11 is 8.01. The third-order valence-electron chi connectivity index (χ3n) is 4.59. The Kier molecular flexibility index (Phi) is 10.1. The van der Waals surface area contributed by atoms with Crippen molar-refractivity contribution in [1.82, 2.24) is 10.2 Å². The molecule has 1 atom stereocenters. The van der Waals surface area contributed by atoms with Gasteiger partial charge in [-0.15, -0.1) is 0 Å². The van der Waals surface area contributed by atoms with Crippen LogP contribution in [0.15, 0.2) is 54.6 Å². The van der Waals surface area contributed by atoms with Crippen LogP contribution in [0, 0.1) is 0 Å². The number of nitrogens with one attached hydrogen (secondary N) is 1. The molecule has 156 valence electrons. The fourth-order valence-corrected chi connectivity index (χ4v) is 3.94. The first kappa shape index (κ1) is 23.3. The minimum Gasteiger partial charge on any atom is -0.354 e. The van der Waals surface area contributed by atoms with Crippen LogP contribution in [-0.2, 0) is 21.9 Å². The molecule has 2 aromatic rings. The molecule has 0 aliphatic carbocycles. The van der Waals surface area contributed by atoms with E-state index < -0.39 is 6.04 Å². The molecule has 0 saturated carbocycles. The summed E-state index contributed by atoms with van der Waals surface area (Å²) in [4.78, 5) is 27.1. The molecule has 0 spiro atoms. The molecule has 0 aliphatic rings. The first-order chi connectivity index (χ1) is 14.0. The average molecular weight is 433 g/mol. The SMILES string of the molecule is CCCNC(=O)[C@@H](C)N(Cc1ccccc1Cl)C(=O)CCSCc1ccccc1. The highest BCUT2D eigenvalue weighted by Gasteiger charge is 2.26. The molecular formula is C23H29ClN2O2S. The van der Waals surface area contributed by atoms with Crippen LogP contribution in [0.3, 0.4) is 0 Å². The van der Waals surface area contributed by atoms with Gasteiger partial charge in [-0.2, -0.15) is 11.8 Å². The Morgan fingerprint density at radius 3 is 2.48 bits per heavy atom. The van der Waals surface area contributed by atoms with E-state index in [4.69, 9.17) is 11.6 Å². The number of benzene rings is 2. The molecule has 4 nitrogen and oxygen atoms in total. The highest BCUT2D eigenvalue weighted by molar-refractivity contribution is 7.98. The highest BCUT2D eigenvalue weighted by Crippen LogP contribution is 2.20. The second-order valence-electron chi connectivity index (χ2n) is 6.87. The number of rotatable bonds is 11. The van der Waals surface area contributed by atoms with Crippen molar-refractivity contribution in [3.63, 3.8) is 0 Å². The van der Waals surface area contributed by atoms with Crippen LogP contribution >= 0.6 is 23.4 Å². The van der Waals surface area contributed by atoms with Crippen molar-refractivity contribution in [2.75, 3.05) is 12.3 Å². The highest BCUT2D eigenvalue weighted by atomic mass is 35.5. The largest absolute Gasteiger partial charge is 0.354 e. The molecule has 0 saturated heterocycles. The van der Waals surface area contributed by atoms with Crippen molar-refractivity contribution in [1.29, 1.82) is 0 Å². The minimum atomic E-state index is -0.551.